The van der Waals surface area contributed by atoms with E-state index in [9.17, 15) is 9.18 Å². The molecule has 17 heavy (non-hydrogen) atoms. The first-order valence-corrected chi connectivity index (χ1v) is 5.75. The normalized spacial score (nSPS) is 14.4. The fourth-order valence-corrected chi connectivity index (χ4v) is 1.45. The van der Waals surface area contributed by atoms with Crippen molar-refractivity contribution in [1.29, 1.82) is 0 Å². The number of nitrogens with one attached hydrogen (secondary N) is 1. The molecule has 1 aromatic rings. The third kappa shape index (κ3) is 3.41. The first-order chi connectivity index (χ1) is 7.89. The quantitative estimate of drug-likeness (QED) is 0.851. The van der Waals surface area contributed by atoms with Gasteiger partial charge in [0.2, 0.25) is 5.91 Å². The van der Waals surface area contributed by atoms with Gasteiger partial charge in [0.25, 0.3) is 0 Å². The highest BCUT2D eigenvalue weighted by Gasteiger charge is 2.27. The second-order valence-corrected chi connectivity index (χ2v) is 4.56. The average Bonchev–Trinajstić information content (AvgIpc) is 2.30. The van der Waals surface area contributed by atoms with Gasteiger partial charge in [0.15, 0.2) is 0 Å². The number of carbonyl (C=O) groups excluding carboxylic acids is 1. The molecule has 0 fully saturated rings. The zero-order chi connectivity index (χ0) is 13.1. The Balaban J connectivity index is 2.73. The Morgan fingerprint density at radius 3 is 2.71 bits per heavy atom. The minimum atomic E-state index is -0.782. The van der Waals surface area contributed by atoms with Crippen molar-refractivity contribution >= 4 is 17.5 Å². The molecule has 0 aliphatic heterocycles. The van der Waals surface area contributed by atoms with Gasteiger partial charge in [-0.15, -0.1) is 0 Å². The number of hydrogen-bond acceptors (Lipinski definition) is 2. The van der Waals surface area contributed by atoms with Crippen molar-refractivity contribution in [3.63, 3.8) is 0 Å². The van der Waals surface area contributed by atoms with Crippen LogP contribution >= 0.6 is 11.6 Å². The van der Waals surface area contributed by atoms with Crippen LogP contribution < -0.4 is 11.1 Å². The molecular weight excluding hydrogens is 243 g/mol. The van der Waals surface area contributed by atoms with Crippen molar-refractivity contribution in [3.05, 3.63) is 34.6 Å². The van der Waals surface area contributed by atoms with Crippen molar-refractivity contribution in [2.24, 2.45) is 5.73 Å². The summed E-state index contributed by atoms with van der Waals surface area (Å²) in [6, 6.07) is 4.53. The third-order valence-corrected chi connectivity index (χ3v) is 3.22. The lowest BCUT2D eigenvalue weighted by molar-refractivity contribution is -0.124. The number of nitrogens with two attached hydrogens (primary N) is 1. The number of carbonyl (C=O) groups is 1. The van der Waals surface area contributed by atoms with E-state index in [-0.39, 0.29) is 5.02 Å². The fourth-order valence-electron chi connectivity index (χ4n) is 1.33. The van der Waals surface area contributed by atoms with E-state index in [0.717, 1.165) is 0 Å². The molecule has 0 saturated carbocycles. The Hall–Kier alpha value is -1.13. The topological polar surface area (TPSA) is 55.1 Å². The lowest BCUT2D eigenvalue weighted by Crippen LogP contribution is -2.52. The largest absolute Gasteiger partial charge is 0.368 e. The molecule has 0 spiro atoms. The van der Waals surface area contributed by atoms with Crippen molar-refractivity contribution in [3.8, 4) is 0 Å². The van der Waals surface area contributed by atoms with E-state index in [1.807, 2.05) is 6.92 Å². The summed E-state index contributed by atoms with van der Waals surface area (Å²) >= 11 is 5.58. The molecule has 0 radical (unpaired) electrons. The molecular formula is C12H16ClFN2O. The maximum Gasteiger partial charge on any atom is 0.237 e. The number of rotatable bonds is 5. The van der Waals surface area contributed by atoms with Gasteiger partial charge in [0.05, 0.1) is 10.6 Å². The predicted molar refractivity (Wildman–Crippen MR) is 66.1 cm³/mol. The molecule has 1 atom stereocenters. The number of benzene rings is 1. The molecule has 3 N–H and O–H groups in total. The maximum atomic E-state index is 13.2. The van der Waals surface area contributed by atoms with Gasteiger partial charge in [-0.05, 0) is 31.0 Å². The summed E-state index contributed by atoms with van der Waals surface area (Å²) in [5.74, 6) is -0.891. The maximum absolute atomic E-state index is 13.2. The Morgan fingerprint density at radius 2 is 2.24 bits per heavy atom. The summed E-state index contributed by atoms with van der Waals surface area (Å²) in [5.41, 5.74) is 5.24. The SMILES string of the molecule is CCC(C)(NCc1ccc(Cl)c(F)c1)C(N)=O. The first kappa shape index (κ1) is 13.9. The molecule has 0 bridgehead atoms. The van der Waals surface area contributed by atoms with Crippen LogP contribution in [0.15, 0.2) is 18.2 Å². The predicted octanol–water partition coefficient (Wildman–Crippen LogP) is 2.22. The van der Waals surface area contributed by atoms with Gasteiger partial charge in [-0.25, -0.2) is 4.39 Å². The highest BCUT2D eigenvalue weighted by Crippen LogP contribution is 2.16. The van der Waals surface area contributed by atoms with Crippen LogP contribution in [-0.4, -0.2) is 11.4 Å². The molecule has 94 valence electrons. The lowest BCUT2D eigenvalue weighted by atomic mass is 9.97. The van der Waals surface area contributed by atoms with E-state index in [1.54, 1.807) is 13.0 Å². The Labute approximate surface area is 105 Å². The fraction of sp³-hybridized carbons (Fsp3) is 0.417. The van der Waals surface area contributed by atoms with E-state index in [0.29, 0.717) is 18.5 Å². The van der Waals surface area contributed by atoms with Crippen LogP contribution in [0.5, 0.6) is 0 Å². The van der Waals surface area contributed by atoms with Crippen LogP contribution in [0, 0.1) is 5.82 Å². The van der Waals surface area contributed by atoms with Crippen molar-refractivity contribution in [1.82, 2.24) is 5.32 Å². The van der Waals surface area contributed by atoms with E-state index in [4.69, 9.17) is 17.3 Å². The van der Waals surface area contributed by atoms with E-state index in [1.165, 1.54) is 12.1 Å². The minimum Gasteiger partial charge on any atom is -0.368 e. The smallest absolute Gasteiger partial charge is 0.237 e. The van der Waals surface area contributed by atoms with Crippen LogP contribution in [-0.2, 0) is 11.3 Å². The zero-order valence-electron chi connectivity index (χ0n) is 9.89. The molecule has 0 saturated heterocycles. The molecule has 1 aromatic carbocycles. The standard InChI is InChI=1S/C12H16ClFN2O/c1-3-12(2,11(15)17)16-7-8-4-5-9(13)10(14)6-8/h4-6,16H,3,7H2,1-2H3,(H2,15,17). The zero-order valence-corrected chi connectivity index (χ0v) is 10.6. The number of halogens is 2. The molecule has 0 heterocycles. The van der Waals surface area contributed by atoms with Gasteiger partial charge in [-0.3, -0.25) is 10.1 Å². The first-order valence-electron chi connectivity index (χ1n) is 5.38. The van der Waals surface area contributed by atoms with Crippen LogP contribution in [0.4, 0.5) is 4.39 Å². The molecule has 1 unspecified atom stereocenters. The van der Waals surface area contributed by atoms with E-state index in [2.05, 4.69) is 5.32 Å². The second kappa shape index (κ2) is 5.47. The lowest BCUT2D eigenvalue weighted by Gasteiger charge is -2.26. The number of hydrogen-bond donors (Lipinski definition) is 2. The Bertz CT molecular complexity index is 425. The summed E-state index contributed by atoms with van der Waals surface area (Å²) in [6.07, 6.45) is 0.568. The molecule has 1 amide bonds. The summed E-state index contributed by atoms with van der Waals surface area (Å²) in [7, 11) is 0. The molecule has 1 rings (SSSR count). The van der Waals surface area contributed by atoms with Crippen LogP contribution in [0.1, 0.15) is 25.8 Å². The highest BCUT2D eigenvalue weighted by atomic mass is 35.5. The van der Waals surface area contributed by atoms with Crippen molar-refractivity contribution < 1.29 is 9.18 Å². The summed E-state index contributed by atoms with van der Waals surface area (Å²) in [4.78, 5) is 11.3. The summed E-state index contributed by atoms with van der Waals surface area (Å²) in [6.45, 7) is 3.95. The minimum absolute atomic E-state index is 0.0851. The molecule has 0 aliphatic carbocycles. The Kier molecular flexibility index (Phi) is 4.48. The van der Waals surface area contributed by atoms with Crippen molar-refractivity contribution in [2.75, 3.05) is 0 Å². The van der Waals surface area contributed by atoms with Gasteiger partial charge in [0.1, 0.15) is 5.82 Å². The monoisotopic (exact) mass is 258 g/mol. The van der Waals surface area contributed by atoms with Gasteiger partial charge >= 0.3 is 0 Å². The van der Waals surface area contributed by atoms with E-state index < -0.39 is 17.3 Å². The van der Waals surface area contributed by atoms with E-state index >= 15 is 0 Å². The molecule has 0 aromatic heterocycles. The molecule has 5 heteroatoms. The van der Waals surface area contributed by atoms with Crippen molar-refractivity contribution in [2.45, 2.75) is 32.4 Å². The summed E-state index contributed by atoms with van der Waals surface area (Å²) < 4.78 is 13.2. The van der Waals surface area contributed by atoms with Gasteiger partial charge in [0, 0.05) is 6.54 Å². The third-order valence-electron chi connectivity index (χ3n) is 2.92. The second-order valence-electron chi connectivity index (χ2n) is 4.15. The molecule has 3 nitrogen and oxygen atoms in total. The van der Waals surface area contributed by atoms with Gasteiger partial charge in [-0.1, -0.05) is 24.6 Å². The molecule has 0 aliphatic rings. The van der Waals surface area contributed by atoms with Crippen LogP contribution in [0.2, 0.25) is 5.02 Å². The summed E-state index contributed by atoms with van der Waals surface area (Å²) in [5, 5.41) is 3.11. The van der Waals surface area contributed by atoms with Crippen LogP contribution in [0.25, 0.3) is 0 Å². The Morgan fingerprint density at radius 1 is 1.59 bits per heavy atom. The average molecular weight is 259 g/mol. The van der Waals surface area contributed by atoms with Crippen LogP contribution in [0.3, 0.4) is 0 Å². The highest BCUT2D eigenvalue weighted by molar-refractivity contribution is 6.30. The number of primary amides is 1. The van der Waals surface area contributed by atoms with Gasteiger partial charge < -0.3 is 5.73 Å². The van der Waals surface area contributed by atoms with Gasteiger partial charge in [-0.2, -0.15) is 0 Å². The number of amides is 1.